The molecule has 7 heteroatoms. The van der Waals surface area contributed by atoms with E-state index in [0.717, 1.165) is 21.5 Å². The van der Waals surface area contributed by atoms with Crippen molar-refractivity contribution in [3.05, 3.63) is 89.2 Å². The molecule has 134 valence electrons. The summed E-state index contributed by atoms with van der Waals surface area (Å²) in [7, 11) is 0. The van der Waals surface area contributed by atoms with Gasteiger partial charge in [-0.3, -0.25) is 4.79 Å². The molecule has 0 aliphatic heterocycles. The van der Waals surface area contributed by atoms with E-state index in [-0.39, 0.29) is 5.91 Å². The minimum atomic E-state index is -0.207. The number of aromatic nitrogens is 4. The highest BCUT2D eigenvalue weighted by atomic mass is 79.9. The number of benzene rings is 2. The predicted octanol–water partition coefficient (Wildman–Crippen LogP) is 4.38. The molecular weight excluding hydrogens is 406 g/mol. The maximum atomic E-state index is 12.9. The fraction of sp³-hybridized carbons (Fsp3) is 0.0500. The number of halogens is 1. The van der Waals surface area contributed by atoms with Crippen LogP contribution >= 0.6 is 15.9 Å². The third-order valence-electron chi connectivity index (χ3n) is 4.24. The Kier molecular flexibility index (Phi) is 4.60. The van der Waals surface area contributed by atoms with Crippen molar-refractivity contribution >= 4 is 27.5 Å². The second-order valence-electron chi connectivity index (χ2n) is 5.98. The number of anilines is 1. The molecule has 1 amide bonds. The molecular formula is C20H16BrN5O. The largest absolute Gasteiger partial charge is 0.320 e. The number of hydrogen-bond donors (Lipinski definition) is 1. The molecule has 0 radical (unpaired) electrons. The number of para-hydroxylation sites is 2. The van der Waals surface area contributed by atoms with Crippen LogP contribution in [0.15, 0.2) is 77.9 Å². The first-order chi connectivity index (χ1) is 13.1. The topological polar surface area (TPSA) is 64.7 Å². The van der Waals surface area contributed by atoms with Crippen LogP contribution in [0, 0.1) is 6.92 Å². The monoisotopic (exact) mass is 421 g/mol. The molecule has 0 bridgehead atoms. The number of carbonyl (C=O) groups is 1. The summed E-state index contributed by atoms with van der Waals surface area (Å²) in [4.78, 5) is 16.9. The molecule has 6 nitrogen and oxygen atoms in total. The molecule has 2 aromatic heterocycles. The first-order valence-electron chi connectivity index (χ1n) is 8.33. The van der Waals surface area contributed by atoms with Crippen LogP contribution in [0.4, 0.5) is 5.69 Å². The minimum absolute atomic E-state index is 0.207. The zero-order valence-electron chi connectivity index (χ0n) is 14.5. The van der Waals surface area contributed by atoms with Crippen molar-refractivity contribution in [2.24, 2.45) is 0 Å². The van der Waals surface area contributed by atoms with Crippen LogP contribution in [0.1, 0.15) is 16.1 Å². The Labute approximate surface area is 164 Å². The quantitative estimate of drug-likeness (QED) is 0.531. The Bertz CT molecular complexity index is 1100. The Morgan fingerprint density at radius 3 is 2.78 bits per heavy atom. The summed E-state index contributed by atoms with van der Waals surface area (Å²) in [6, 6.07) is 15.4. The Hall–Kier alpha value is -3.19. The zero-order valence-corrected chi connectivity index (χ0v) is 16.1. The van der Waals surface area contributed by atoms with E-state index in [9.17, 15) is 4.79 Å². The molecule has 0 saturated carbocycles. The number of nitrogens with zero attached hydrogens (tertiary/aromatic N) is 4. The van der Waals surface area contributed by atoms with Crippen LogP contribution in [-0.2, 0) is 0 Å². The fourth-order valence-corrected chi connectivity index (χ4v) is 3.28. The number of nitrogens with one attached hydrogen (secondary N) is 1. The first-order valence-corrected chi connectivity index (χ1v) is 9.12. The van der Waals surface area contributed by atoms with E-state index in [1.54, 1.807) is 23.4 Å². The molecule has 0 spiro atoms. The van der Waals surface area contributed by atoms with E-state index in [4.69, 9.17) is 0 Å². The van der Waals surface area contributed by atoms with Gasteiger partial charge in [-0.25, -0.2) is 9.67 Å². The lowest BCUT2D eigenvalue weighted by Gasteiger charge is -2.11. The summed E-state index contributed by atoms with van der Waals surface area (Å²) in [5, 5.41) is 7.36. The lowest BCUT2D eigenvalue weighted by Crippen LogP contribution is -2.14. The molecule has 2 aromatic carbocycles. The average molecular weight is 422 g/mol. The highest BCUT2D eigenvalue weighted by Gasteiger charge is 2.17. The molecule has 4 aromatic rings. The third-order valence-corrected chi connectivity index (χ3v) is 4.74. The number of imidazole rings is 1. The van der Waals surface area contributed by atoms with E-state index in [1.165, 1.54) is 0 Å². The number of hydrogen-bond acceptors (Lipinski definition) is 3. The maximum Gasteiger partial charge on any atom is 0.259 e. The van der Waals surface area contributed by atoms with Gasteiger partial charge in [-0.05, 0) is 37.3 Å². The number of rotatable bonds is 4. The van der Waals surface area contributed by atoms with Gasteiger partial charge in [0.15, 0.2) is 0 Å². The molecule has 0 saturated heterocycles. The van der Waals surface area contributed by atoms with E-state index < -0.39 is 0 Å². The van der Waals surface area contributed by atoms with Gasteiger partial charge in [-0.1, -0.05) is 34.1 Å². The SMILES string of the molecule is Cc1c(C(=O)Nc2ccccc2-n2ccnc2)cnn1-c1cccc(Br)c1. The lowest BCUT2D eigenvalue weighted by atomic mass is 10.2. The molecule has 0 unspecified atom stereocenters. The van der Waals surface area contributed by atoms with Gasteiger partial charge in [0.05, 0.1) is 40.8 Å². The van der Waals surface area contributed by atoms with Gasteiger partial charge in [0.2, 0.25) is 0 Å². The molecule has 4 rings (SSSR count). The summed E-state index contributed by atoms with van der Waals surface area (Å²) in [6.45, 7) is 1.88. The molecule has 2 heterocycles. The van der Waals surface area contributed by atoms with Gasteiger partial charge in [0.1, 0.15) is 0 Å². The third kappa shape index (κ3) is 3.41. The minimum Gasteiger partial charge on any atom is -0.320 e. The fourth-order valence-electron chi connectivity index (χ4n) is 2.90. The first kappa shape index (κ1) is 17.2. The molecule has 1 N–H and O–H groups in total. The van der Waals surface area contributed by atoms with Gasteiger partial charge >= 0.3 is 0 Å². The summed E-state index contributed by atoms with van der Waals surface area (Å²) in [6.07, 6.45) is 6.82. The van der Waals surface area contributed by atoms with Gasteiger partial charge in [0.25, 0.3) is 5.91 Å². The summed E-state index contributed by atoms with van der Waals surface area (Å²) in [5.41, 5.74) is 3.73. The Morgan fingerprint density at radius 1 is 1.15 bits per heavy atom. The van der Waals surface area contributed by atoms with E-state index in [0.29, 0.717) is 11.3 Å². The second kappa shape index (κ2) is 7.20. The molecule has 27 heavy (non-hydrogen) atoms. The molecule has 0 atom stereocenters. The highest BCUT2D eigenvalue weighted by molar-refractivity contribution is 9.10. The zero-order chi connectivity index (χ0) is 18.8. The van der Waals surface area contributed by atoms with Crippen molar-refractivity contribution < 1.29 is 4.79 Å². The average Bonchev–Trinajstić information content (AvgIpc) is 3.32. The van der Waals surface area contributed by atoms with Crippen LogP contribution in [-0.4, -0.2) is 25.2 Å². The van der Waals surface area contributed by atoms with Crippen molar-refractivity contribution in [1.29, 1.82) is 0 Å². The van der Waals surface area contributed by atoms with Crippen LogP contribution in [0.25, 0.3) is 11.4 Å². The molecule has 0 aliphatic carbocycles. The van der Waals surface area contributed by atoms with E-state index in [2.05, 4.69) is 31.3 Å². The predicted molar refractivity (Wildman–Crippen MR) is 108 cm³/mol. The number of carbonyl (C=O) groups excluding carboxylic acids is 1. The smallest absolute Gasteiger partial charge is 0.259 e. The van der Waals surface area contributed by atoms with Crippen molar-refractivity contribution in [2.75, 3.05) is 5.32 Å². The van der Waals surface area contributed by atoms with Crippen molar-refractivity contribution in [1.82, 2.24) is 19.3 Å². The Balaban J connectivity index is 1.64. The van der Waals surface area contributed by atoms with Crippen LogP contribution in [0.5, 0.6) is 0 Å². The standard InChI is InChI=1S/C20H16BrN5O/c1-14-17(12-23-26(14)16-6-4-5-15(21)11-16)20(27)24-18-7-2-3-8-19(18)25-10-9-22-13-25/h2-13H,1H3,(H,24,27). The van der Waals surface area contributed by atoms with E-state index in [1.807, 2.05) is 66.2 Å². The summed E-state index contributed by atoms with van der Waals surface area (Å²) < 4.78 is 4.56. The Morgan fingerprint density at radius 2 is 2.00 bits per heavy atom. The van der Waals surface area contributed by atoms with Crippen molar-refractivity contribution in [3.63, 3.8) is 0 Å². The van der Waals surface area contributed by atoms with Gasteiger partial charge in [-0.2, -0.15) is 5.10 Å². The van der Waals surface area contributed by atoms with Crippen LogP contribution in [0.2, 0.25) is 0 Å². The maximum absolute atomic E-state index is 12.9. The molecule has 0 aliphatic rings. The van der Waals surface area contributed by atoms with Crippen LogP contribution < -0.4 is 5.32 Å². The normalized spacial score (nSPS) is 10.7. The van der Waals surface area contributed by atoms with Gasteiger partial charge in [0, 0.05) is 16.9 Å². The van der Waals surface area contributed by atoms with Gasteiger partial charge in [-0.15, -0.1) is 0 Å². The summed E-state index contributed by atoms with van der Waals surface area (Å²) >= 11 is 3.46. The van der Waals surface area contributed by atoms with Gasteiger partial charge < -0.3 is 9.88 Å². The lowest BCUT2D eigenvalue weighted by molar-refractivity contribution is 0.102. The number of amides is 1. The summed E-state index contributed by atoms with van der Waals surface area (Å²) in [5.74, 6) is -0.207. The van der Waals surface area contributed by atoms with E-state index >= 15 is 0 Å². The second-order valence-corrected chi connectivity index (χ2v) is 6.89. The van der Waals surface area contributed by atoms with Crippen molar-refractivity contribution in [3.8, 4) is 11.4 Å². The van der Waals surface area contributed by atoms with Crippen molar-refractivity contribution in [2.45, 2.75) is 6.92 Å². The molecule has 0 fully saturated rings. The highest BCUT2D eigenvalue weighted by Crippen LogP contribution is 2.22. The van der Waals surface area contributed by atoms with Crippen LogP contribution in [0.3, 0.4) is 0 Å².